The minimum absolute atomic E-state index is 0.347. The predicted octanol–water partition coefficient (Wildman–Crippen LogP) is 4.52. The van der Waals surface area contributed by atoms with Gasteiger partial charge in [0, 0.05) is 9.90 Å². The summed E-state index contributed by atoms with van der Waals surface area (Å²) in [5.74, 6) is -0.237. The molecule has 0 aliphatic carbocycles. The maximum atomic E-state index is 12.5. The number of rotatable bonds is 5. The maximum absolute atomic E-state index is 12.5. The number of carbonyl (C=O) groups excluding carboxylic acids is 2. The Hall–Kier alpha value is -2.05. The Morgan fingerprint density at radius 2 is 1.92 bits per heavy atom. The molecule has 0 saturated carbocycles. The normalized spacial score (nSPS) is 11.8. The van der Waals surface area contributed by atoms with Gasteiger partial charge in [0.05, 0.1) is 12.7 Å². The molecule has 5 nitrogen and oxygen atoms in total. The van der Waals surface area contributed by atoms with Crippen LogP contribution in [0.2, 0.25) is 5.02 Å². The number of esters is 1. The van der Waals surface area contributed by atoms with Crippen LogP contribution < -0.4 is 10.1 Å². The summed E-state index contributed by atoms with van der Waals surface area (Å²) >= 11 is 7.26. The highest BCUT2D eigenvalue weighted by molar-refractivity contribution is 7.16. The van der Waals surface area contributed by atoms with Crippen LogP contribution in [0.25, 0.3) is 0 Å². The second-order valence-corrected chi connectivity index (χ2v) is 7.30. The van der Waals surface area contributed by atoms with Crippen LogP contribution in [0.5, 0.6) is 5.75 Å². The number of nitrogens with one attached hydrogen (secondary N) is 1. The summed E-state index contributed by atoms with van der Waals surface area (Å²) < 4.78 is 10.5. The Labute approximate surface area is 155 Å². The lowest BCUT2D eigenvalue weighted by atomic mass is 10.1. The van der Waals surface area contributed by atoms with E-state index in [9.17, 15) is 9.59 Å². The minimum Gasteiger partial charge on any atom is -0.481 e. The molecule has 1 heterocycles. The quantitative estimate of drug-likeness (QED) is 0.773. The van der Waals surface area contributed by atoms with Crippen LogP contribution in [-0.4, -0.2) is 25.1 Å². The zero-order valence-electron chi connectivity index (χ0n) is 14.7. The number of benzene rings is 1. The SMILES string of the molecule is COC(=O)c1c(NC(=O)C(C)Oc2ccc(Cl)cc2C)sc(C)c1C. The molecule has 0 aliphatic rings. The molecular formula is C18H20ClNO4S. The fourth-order valence-electron chi connectivity index (χ4n) is 2.27. The van der Waals surface area contributed by atoms with Crippen LogP contribution in [0.4, 0.5) is 5.00 Å². The number of amides is 1. The second-order valence-electron chi connectivity index (χ2n) is 5.64. The summed E-state index contributed by atoms with van der Waals surface area (Å²) in [5, 5.41) is 3.84. The first-order valence-electron chi connectivity index (χ1n) is 7.66. The average molecular weight is 382 g/mol. The van der Waals surface area contributed by atoms with E-state index in [0.29, 0.717) is 21.3 Å². The highest BCUT2D eigenvalue weighted by Crippen LogP contribution is 2.33. The van der Waals surface area contributed by atoms with Gasteiger partial charge in [0.25, 0.3) is 5.91 Å². The van der Waals surface area contributed by atoms with Crippen LogP contribution in [0.3, 0.4) is 0 Å². The number of methoxy groups -OCH3 is 1. The largest absolute Gasteiger partial charge is 0.481 e. The number of halogens is 1. The van der Waals surface area contributed by atoms with Crippen LogP contribution in [-0.2, 0) is 9.53 Å². The van der Waals surface area contributed by atoms with E-state index in [4.69, 9.17) is 21.1 Å². The fraction of sp³-hybridized carbons (Fsp3) is 0.333. The summed E-state index contributed by atoms with van der Waals surface area (Å²) in [5.41, 5.74) is 2.02. The van der Waals surface area contributed by atoms with Crippen molar-refractivity contribution in [1.82, 2.24) is 0 Å². The molecule has 134 valence electrons. The van der Waals surface area contributed by atoms with Gasteiger partial charge in [0.2, 0.25) is 0 Å². The Balaban J connectivity index is 2.16. The van der Waals surface area contributed by atoms with Crippen molar-refractivity contribution in [2.75, 3.05) is 12.4 Å². The number of hydrogen-bond acceptors (Lipinski definition) is 5. The molecule has 1 N–H and O–H groups in total. The molecule has 25 heavy (non-hydrogen) atoms. The van der Waals surface area contributed by atoms with E-state index in [1.165, 1.54) is 18.4 Å². The Kier molecular flexibility index (Phi) is 6.08. The number of aryl methyl sites for hydroxylation is 2. The van der Waals surface area contributed by atoms with Gasteiger partial charge in [0.1, 0.15) is 10.8 Å². The molecule has 1 amide bonds. The number of carbonyl (C=O) groups is 2. The third kappa shape index (κ3) is 4.32. The van der Waals surface area contributed by atoms with E-state index in [1.807, 2.05) is 20.8 Å². The minimum atomic E-state index is -0.743. The third-order valence-electron chi connectivity index (χ3n) is 3.82. The highest BCUT2D eigenvalue weighted by atomic mass is 35.5. The van der Waals surface area contributed by atoms with Crippen LogP contribution in [0.15, 0.2) is 18.2 Å². The van der Waals surface area contributed by atoms with Gasteiger partial charge < -0.3 is 14.8 Å². The van der Waals surface area contributed by atoms with Gasteiger partial charge in [0.15, 0.2) is 6.10 Å². The molecule has 0 fully saturated rings. The van der Waals surface area contributed by atoms with Crippen molar-refractivity contribution in [2.24, 2.45) is 0 Å². The molecule has 0 radical (unpaired) electrons. The number of anilines is 1. The smallest absolute Gasteiger partial charge is 0.341 e. The second kappa shape index (κ2) is 7.89. The molecule has 1 aromatic heterocycles. The van der Waals surface area contributed by atoms with Gasteiger partial charge in [-0.15, -0.1) is 11.3 Å². The fourth-order valence-corrected chi connectivity index (χ4v) is 3.54. The summed E-state index contributed by atoms with van der Waals surface area (Å²) in [7, 11) is 1.31. The zero-order valence-corrected chi connectivity index (χ0v) is 16.3. The van der Waals surface area contributed by atoms with Crippen molar-refractivity contribution < 1.29 is 19.1 Å². The molecule has 2 aromatic rings. The number of thiophene rings is 1. The lowest BCUT2D eigenvalue weighted by molar-refractivity contribution is -0.122. The molecule has 0 aliphatic heterocycles. The van der Waals surface area contributed by atoms with Crippen LogP contribution in [0, 0.1) is 20.8 Å². The van der Waals surface area contributed by atoms with E-state index in [2.05, 4.69) is 5.32 Å². The molecule has 0 spiro atoms. The van der Waals surface area contributed by atoms with Gasteiger partial charge in [-0.1, -0.05) is 11.6 Å². The summed E-state index contributed by atoms with van der Waals surface area (Å²) in [4.78, 5) is 25.4. The van der Waals surface area contributed by atoms with E-state index in [1.54, 1.807) is 25.1 Å². The van der Waals surface area contributed by atoms with Crippen LogP contribution in [0.1, 0.15) is 33.3 Å². The van der Waals surface area contributed by atoms with Crippen molar-refractivity contribution in [1.29, 1.82) is 0 Å². The van der Waals surface area contributed by atoms with Crippen molar-refractivity contribution in [3.8, 4) is 5.75 Å². The summed E-state index contributed by atoms with van der Waals surface area (Å²) in [6.07, 6.45) is -0.743. The molecule has 1 atom stereocenters. The lowest BCUT2D eigenvalue weighted by Gasteiger charge is -2.16. The van der Waals surface area contributed by atoms with E-state index < -0.39 is 12.1 Å². The monoisotopic (exact) mass is 381 g/mol. The van der Waals surface area contributed by atoms with E-state index in [-0.39, 0.29) is 5.91 Å². The van der Waals surface area contributed by atoms with Crippen molar-refractivity contribution in [3.05, 3.63) is 44.8 Å². The molecule has 0 bridgehead atoms. The average Bonchev–Trinajstić information content (AvgIpc) is 2.83. The predicted molar refractivity (Wildman–Crippen MR) is 100 cm³/mol. The zero-order chi connectivity index (χ0) is 18.7. The lowest BCUT2D eigenvalue weighted by Crippen LogP contribution is -2.30. The highest BCUT2D eigenvalue weighted by Gasteiger charge is 2.24. The number of ether oxygens (including phenoxy) is 2. The van der Waals surface area contributed by atoms with Crippen molar-refractivity contribution >= 4 is 39.8 Å². The van der Waals surface area contributed by atoms with Gasteiger partial charge in [-0.05, 0) is 57.0 Å². The molecule has 1 aromatic carbocycles. The van der Waals surface area contributed by atoms with Gasteiger partial charge in [-0.2, -0.15) is 0 Å². The van der Waals surface area contributed by atoms with Crippen molar-refractivity contribution in [2.45, 2.75) is 33.8 Å². The Morgan fingerprint density at radius 3 is 2.52 bits per heavy atom. The standard InChI is InChI=1S/C18H20ClNO4S/c1-9-8-13(19)6-7-14(9)24-11(3)16(21)20-17-15(18(22)23-5)10(2)12(4)25-17/h6-8,11H,1-5H3,(H,20,21). The molecule has 1 unspecified atom stereocenters. The van der Waals surface area contributed by atoms with Gasteiger partial charge in [-0.25, -0.2) is 4.79 Å². The Morgan fingerprint density at radius 1 is 1.24 bits per heavy atom. The first kappa shape index (κ1) is 19.3. The topological polar surface area (TPSA) is 64.6 Å². The van der Waals surface area contributed by atoms with E-state index in [0.717, 1.165) is 16.0 Å². The summed E-state index contributed by atoms with van der Waals surface area (Å²) in [6, 6.07) is 5.19. The van der Waals surface area contributed by atoms with Gasteiger partial charge in [-0.3, -0.25) is 4.79 Å². The first-order chi connectivity index (χ1) is 11.7. The van der Waals surface area contributed by atoms with Gasteiger partial charge >= 0.3 is 5.97 Å². The first-order valence-corrected chi connectivity index (χ1v) is 8.86. The molecule has 7 heteroatoms. The Bertz CT molecular complexity index is 816. The molecule has 2 rings (SSSR count). The molecular weight excluding hydrogens is 362 g/mol. The van der Waals surface area contributed by atoms with Crippen LogP contribution >= 0.6 is 22.9 Å². The third-order valence-corrected chi connectivity index (χ3v) is 5.18. The van der Waals surface area contributed by atoms with E-state index >= 15 is 0 Å². The number of hydrogen-bond donors (Lipinski definition) is 1. The maximum Gasteiger partial charge on any atom is 0.341 e. The molecule has 0 saturated heterocycles. The summed E-state index contributed by atoms with van der Waals surface area (Å²) in [6.45, 7) is 7.21. The van der Waals surface area contributed by atoms with Crippen molar-refractivity contribution in [3.63, 3.8) is 0 Å².